The second-order valence-electron chi connectivity index (χ2n) is 5.49. The maximum atomic E-state index is 12.0. The molecule has 0 aromatic heterocycles. The van der Waals surface area contributed by atoms with Gasteiger partial charge in [0.25, 0.3) is 0 Å². The summed E-state index contributed by atoms with van der Waals surface area (Å²) in [6.07, 6.45) is 0.921. The number of hydrogen-bond acceptors (Lipinski definition) is 4. The molecule has 2 amide bonds. The normalized spacial score (nSPS) is 15.3. The van der Waals surface area contributed by atoms with Gasteiger partial charge in [0.1, 0.15) is 5.75 Å². The molecule has 1 aromatic carbocycles. The Morgan fingerprint density at radius 2 is 2.13 bits per heavy atom. The molecule has 0 spiro atoms. The van der Waals surface area contributed by atoms with Gasteiger partial charge >= 0.3 is 6.03 Å². The molecule has 0 unspecified atom stereocenters. The molecule has 2 rings (SSSR count). The molecule has 1 aliphatic heterocycles. The molecule has 23 heavy (non-hydrogen) atoms. The SMILES string of the molecule is COc1cc(Br)cc(C)c1NC(=O)NCCCN1CCOCC1. The fourth-order valence-electron chi connectivity index (χ4n) is 2.52. The standard InChI is InChI=1S/C16H24BrN3O3/c1-12-10-13(17)11-14(22-2)15(12)19-16(21)18-4-3-5-20-6-8-23-9-7-20/h10-11H,3-9H2,1-2H3,(H2,18,19,21). The van der Waals surface area contributed by atoms with Crippen LogP contribution >= 0.6 is 15.9 Å². The van der Waals surface area contributed by atoms with E-state index in [0.29, 0.717) is 18.0 Å². The molecule has 1 aromatic rings. The van der Waals surface area contributed by atoms with Gasteiger partial charge in [-0.3, -0.25) is 4.90 Å². The van der Waals surface area contributed by atoms with Crippen molar-refractivity contribution in [1.29, 1.82) is 0 Å². The van der Waals surface area contributed by atoms with E-state index in [0.717, 1.165) is 49.3 Å². The van der Waals surface area contributed by atoms with Crippen LogP contribution in [-0.2, 0) is 4.74 Å². The van der Waals surface area contributed by atoms with Gasteiger partial charge in [0.2, 0.25) is 0 Å². The van der Waals surface area contributed by atoms with E-state index in [1.54, 1.807) is 7.11 Å². The first-order chi connectivity index (χ1) is 11.1. The van der Waals surface area contributed by atoms with Gasteiger partial charge in [-0.15, -0.1) is 0 Å². The monoisotopic (exact) mass is 385 g/mol. The Balaban J connectivity index is 1.76. The molecule has 0 radical (unpaired) electrons. The predicted octanol–water partition coefficient (Wildman–Crippen LogP) is 2.61. The summed E-state index contributed by atoms with van der Waals surface area (Å²) >= 11 is 3.42. The molecule has 7 heteroatoms. The summed E-state index contributed by atoms with van der Waals surface area (Å²) in [5.41, 5.74) is 1.64. The van der Waals surface area contributed by atoms with Crippen LogP contribution in [0.2, 0.25) is 0 Å². The van der Waals surface area contributed by atoms with Crippen molar-refractivity contribution in [2.24, 2.45) is 0 Å². The van der Waals surface area contributed by atoms with Gasteiger partial charge in [-0.25, -0.2) is 4.79 Å². The number of nitrogens with zero attached hydrogens (tertiary/aromatic N) is 1. The van der Waals surface area contributed by atoms with Crippen LogP contribution in [0.5, 0.6) is 5.75 Å². The summed E-state index contributed by atoms with van der Waals surface area (Å²) in [7, 11) is 1.59. The minimum atomic E-state index is -0.212. The second kappa shape index (κ2) is 9.10. The lowest BCUT2D eigenvalue weighted by atomic mass is 10.2. The zero-order valence-corrected chi connectivity index (χ0v) is 15.2. The van der Waals surface area contributed by atoms with E-state index in [4.69, 9.17) is 9.47 Å². The summed E-state index contributed by atoms with van der Waals surface area (Å²) in [6.45, 7) is 7.10. The smallest absolute Gasteiger partial charge is 0.319 e. The highest BCUT2D eigenvalue weighted by Crippen LogP contribution is 2.31. The first-order valence-corrected chi connectivity index (χ1v) is 8.58. The first-order valence-electron chi connectivity index (χ1n) is 7.79. The van der Waals surface area contributed by atoms with Crippen LogP contribution in [0, 0.1) is 6.92 Å². The number of ether oxygens (including phenoxy) is 2. The number of amides is 2. The number of hydrogen-bond donors (Lipinski definition) is 2. The molecule has 1 aliphatic rings. The van der Waals surface area contributed by atoms with Gasteiger partial charge in [-0.2, -0.15) is 0 Å². The number of benzene rings is 1. The highest BCUT2D eigenvalue weighted by Gasteiger charge is 2.12. The van der Waals surface area contributed by atoms with Crippen molar-refractivity contribution in [1.82, 2.24) is 10.2 Å². The predicted molar refractivity (Wildman–Crippen MR) is 94.3 cm³/mol. The number of anilines is 1. The molecule has 128 valence electrons. The van der Waals surface area contributed by atoms with Gasteiger partial charge in [-0.05, 0) is 37.6 Å². The van der Waals surface area contributed by atoms with E-state index in [9.17, 15) is 4.79 Å². The Morgan fingerprint density at radius 3 is 2.83 bits per heavy atom. The molecule has 0 saturated carbocycles. The third kappa shape index (κ3) is 5.67. The number of morpholine rings is 1. The third-order valence-corrected chi connectivity index (χ3v) is 4.22. The lowest BCUT2D eigenvalue weighted by Crippen LogP contribution is -2.38. The Morgan fingerprint density at radius 1 is 1.39 bits per heavy atom. The summed E-state index contributed by atoms with van der Waals surface area (Å²) in [4.78, 5) is 14.4. The number of aryl methyl sites for hydroxylation is 1. The van der Waals surface area contributed by atoms with Gasteiger partial charge in [0.15, 0.2) is 0 Å². The highest BCUT2D eigenvalue weighted by molar-refractivity contribution is 9.10. The number of rotatable bonds is 6. The number of urea groups is 1. The lowest BCUT2D eigenvalue weighted by Gasteiger charge is -2.26. The lowest BCUT2D eigenvalue weighted by molar-refractivity contribution is 0.0375. The van der Waals surface area contributed by atoms with Crippen molar-refractivity contribution in [3.05, 3.63) is 22.2 Å². The topological polar surface area (TPSA) is 62.8 Å². The van der Waals surface area contributed by atoms with Crippen LogP contribution in [0.1, 0.15) is 12.0 Å². The van der Waals surface area contributed by atoms with Gasteiger partial charge in [0.05, 0.1) is 26.0 Å². The van der Waals surface area contributed by atoms with Crippen LogP contribution in [-0.4, -0.2) is 57.4 Å². The number of carbonyl (C=O) groups is 1. The van der Waals surface area contributed by atoms with Crippen molar-refractivity contribution in [3.8, 4) is 5.75 Å². The van der Waals surface area contributed by atoms with Crippen molar-refractivity contribution in [3.63, 3.8) is 0 Å². The summed E-state index contributed by atoms with van der Waals surface area (Å²) in [5.74, 6) is 0.639. The molecule has 1 saturated heterocycles. The largest absolute Gasteiger partial charge is 0.495 e. The third-order valence-electron chi connectivity index (χ3n) is 3.76. The Bertz CT molecular complexity index is 534. The molecule has 1 fully saturated rings. The van der Waals surface area contributed by atoms with E-state index in [-0.39, 0.29) is 6.03 Å². The molecule has 6 nitrogen and oxygen atoms in total. The number of halogens is 1. The Hall–Kier alpha value is -1.31. The Labute approximate surface area is 145 Å². The van der Waals surface area contributed by atoms with Crippen LogP contribution in [0.4, 0.5) is 10.5 Å². The van der Waals surface area contributed by atoms with Crippen molar-refractivity contribution in [2.75, 3.05) is 51.8 Å². The fraction of sp³-hybridized carbons (Fsp3) is 0.562. The van der Waals surface area contributed by atoms with Crippen LogP contribution < -0.4 is 15.4 Å². The molecular formula is C16H24BrN3O3. The zero-order valence-electron chi connectivity index (χ0n) is 13.7. The molecular weight excluding hydrogens is 362 g/mol. The van der Waals surface area contributed by atoms with Crippen LogP contribution in [0.25, 0.3) is 0 Å². The maximum absolute atomic E-state index is 12.0. The molecule has 1 heterocycles. The molecule has 0 aliphatic carbocycles. The van der Waals surface area contributed by atoms with Crippen LogP contribution in [0.15, 0.2) is 16.6 Å². The number of methoxy groups -OCH3 is 1. The van der Waals surface area contributed by atoms with E-state index < -0.39 is 0 Å². The van der Waals surface area contributed by atoms with E-state index in [1.807, 2.05) is 19.1 Å². The van der Waals surface area contributed by atoms with Crippen molar-refractivity contribution >= 4 is 27.6 Å². The van der Waals surface area contributed by atoms with E-state index in [2.05, 4.69) is 31.5 Å². The second-order valence-corrected chi connectivity index (χ2v) is 6.40. The zero-order chi connectivity index (χ0) is 16.7. The fourth-order valence-corrected chi connectivity index (χ4v) is 3.07. The average Bonchev–Trinajstić information content (AvgIpc) is 2.55. The minimum absolute atomic E-state index is 0.212. The molecule has 2 N–H and O–H groups in total. The number of nitrogens with one attached hydrogen (secondary N) is 2. The van der Waals surface area contributed by atoms with Gasteiger partial charge in [-0.1, -0.05) is 15.9 Å². The van der Waals surface area contributed by atoms with Crippen LogP contribution in [0.3, 0.4) is 0 Å². The van der Waals surface area contributed by atoms with E-state index in [1.165, 1.54) is 0 Å². The summed E-state index contributed by atoms with van der Waals surface area (Å²) in [5, 5.41) is 5.75. The number of carbonyl (C=O) groups excluding carboxylic acids is 1. The Kier molecular flexibility index (Phi) is 7.14. The average molecular weight is 386 g/mol. The van der Waals surface area contributed by atoms with Gasteiger partial charge < -0.3 is 20.1 Å². The van der Waals surface area contributed by atoms with Crippen molar-refractivity contribution in [2.45, 2.75) is 13.3 Å². The first kappa shape index (κ1) is 18.0. The molecule has 0 bridgehead atoms. The highest BCUT2D eigenvalue weighted by atomic mass is 79.9. The minimum Gasteiger partial charge on any atom is -0.495 e. The van der Waals surface area contributed by atoms with E-state index >= 15 is 0 Å². The summed E-state index contributed by atoms with van der Waals surface area (Å²) in [6, 6.07) is 3.56. The molecule has 0 atom stereocenters. The maximum Gasteiger partial charge on any atom is 0.319 e. The van der Waals surface area contributed by atoms with Gasteiger partial charge in [0, 0.05) is 24.1 Å². The van der Waals surface area contributed by atoms with Crippen molar-refractivity contribution < 1.29 is 14.3 Å². The quantitative estimate of drug-likeness (QED) is 0.738. The summed E-state index contributed by atoms with van der Waals surface area (Å²) < 4.78 is 11.6.